The van der Waals surface area contributed by atoms with Crippen molar-refractivity contribution in [1.29, 1.82) is 0 Å². The van der Waals surface area contributed by atoms with Crippen molar-refractivity contribution >= 4 is 11.8 Å². The van der Waals surface area contributed by atoms with E-state index in [4.69, 9.17) is 16.0 Å². The van der Waals surface area contributed by atoms with E-state index in [0.717, 1.165) is 28.9 Å². The second-order valence-corrected chi connectivity index (χ2v) is 6.12. The van der Waals surface area contributed by atoms with Gasteiger partial charge in [0.15, 0.2) is 0 Å². The zero-order chi connectivity index (χ0) is 17.4. The summed E-state index contributed by atoms with van der Waals surface area (Å²) in [6, 6.07) is 9.49. The highest BCUT2D eigenvalue weighted by Gasteiger charge is 2.45. The number of ether oxygens (including phenoxy) is 2. The molecule has 126 valence electrons. The summed E-state index contributed by atoms with van der Waals surface area (Å²) >= 11 is 0. The lowest BCUT2D eigenvalue weighted by atomic mass is 10.0. The Bertz CT molecular complexity index is 857. The lowest BCUT2D eigenvalue weighted by Crippen LogP contribution is -2.44. The number of pyridine rings is 1. The minimum Gasteiger partial charge on any atom is -0.489 e. The highest BCUT2D eigenvalue weighted by molar-refractivity contribution is 5.94. The predicted octanol–water partition coefficient (Wildman–Crippen LogP) is 3.66. The zero-order valence-corrected chi connectivity index (χ0v) is 13.8. The van der Waals surface area contributed by atoms with Crippen LogP contribution in [-0.2, 0) is 11.3 Å². The molecule has 1 saturated heterocycles. The molecular weight excluding hydrogens is 318 g/mol. The van der Waals surface area contributed by atoms with Gasteiger partial charge in [0.25, 0.3) is 6.54 Å². The molecular formula is C19H17N3O3. The van der Waals surface area contributed by atoms with Gasteiger partial charge >= 0.3 is 6.09 Å². The van der Waals surface area contributed by atoms with E-state index >= 15 is 0 Å². The van der Waals surface area contributed by atoms with Crippen LogP contribution < -0.4 is 9.64 Å². The number of carbonyl (C=O) groups is 1. The van der Waals surface area contributed by atoms with E-state index in [1.807, 2.05) is 37.3 Å². The molecule has 0 unspecified atom stereocenters. The molecule has 6 heteroatoms. The summed E-state index contributed by atoms with van der Waals surface area (Å²) in [6.07, 6.45) is 2.09. The van der Waals surface area contributed by atoms with Gasteiger partial charge < -0.3 is 14.3 Å². The Hall–Kier alpha value is -3.07. The molecule has 0 bridgehead atoms. The van der Waals surface area contributed by atoms with E-state index in [-0.39, 0.29) is 24.8 Å². The Morgan fingerprint density at radius 1 is 1.32 bits per heavy atom. The van der Waals surface area contributed by atoms with Crippen molar-refractivity contribution in [2.75, 3.05) is 11.5 Å². The zero-order valence-electron chi connectivity index (χ0n) is 13.8. The molecule has 0 saturated carbocycles. The highest BCUT2D eigenvalue weighted by Crippen LogP contribution is 2.41. The van der Waals surface area contributed by atoms with E-state index in [2.05, 4.69) is 9.83 Å². The first-order chi connectivity index (χ1) is 12.2. The normalized spacial score (nSPS) is 21.0. The van der Waals surface area contributed by atoms with Crippen molar-refractivity contribution in [1.82, 2.24) is 4.98 Å². The maximum atomic E-state index is 12.2. The van der Waals surface area contributed by atoms with Crippen molar-refractivity contribution in [3.8, 4) is 16.9 Å². The molecule has 4 rings (SSSR count). The van der Waals surface area contributed by atoms with E-state index < -0.39 is 0 Å². The molecule has 3 heterocycles. The van der Waals surface area contributed by atoms with Crippen LogP contribution in [0.5, 0.6) is 5.75 Å². The minimum absolute atomic E-state index is 0.0644. The molecule has 1 aromatic heterocycles. The molecule has 1 fully saturated rings. The number of benzene rings is 1. The average molecular weight is 335 g/mol. The molecule has 0 spiro atoms. The summed E-state index contributed by atoms with van der Waals surface area (Å²) in [7, 11) is 0. The fourth-order valence-corrected chi connectivity index (χ4v) is 3.33. The van der Waals surface area contributed by atoms with Crippen LogP contribution in [0.2, 0.25) is 0 Å². The fraction of sp³-hybridized carbons (Fsp3) is 0.316. The lowest BCUT2D eigenvalue weighted by Gasteiger charge is -2.31. The van der Waals surface area contributed by atoms with Crippen LogP contribution in [0, 0.1) is 6.57 Å². The number of nitrogens with zero attached hydrogens (tertiary/aromatic N) is 3. The van der Waals surface area contributed by atoms with Crippen LogP contribution in [0.4, 0.5) is 10.5 Å². The van der Waals surface area contributed by atoms with Crippen molar-refractivity contribution in [3.63, 3.8) is 0 Å². The summed E-state index contributed by atoms with van der Waals surface area (Å²) < 4.78 is 11.3. The van der Waals surface area contributed by atoms with Crippen LogP contribution in [0.25, 0.3) is 16.0 Å². The first kappa shape index (κ1) is 15.5. The second-order valence-electron chi connectivity index (χ2n) is 6.12. The molecule has 0 N–H and O–H groups in total. The third-order valence-corrected chi connectivity index (χ3v) is 4.64. The number of hydrogen-bond donors (Lipinski definition) is 0. The molecule has 1 amide bonds. The Balaban J connectivity index is 1.65. The van der Waals surface area contributed by atoms with E-state index in [1.54, 1.807) is 11.1 Å². The number of rotatable bonds is 3. The number of anilines is 1. The number of cyclic esters (lactones) is 1. The van der Waals surface area contributed by atoms with Gasteiger partial charge in [0.2, 0.25) is 0 Å². The third-order valence-electron chi connectivity index (χ3n) is 4.64. The Morgan fingerprint density at radius 2 is 2.16 bits per heavy atom. The van der Waals surface area contributed by atoms with E-state index in [1.165, 1.54) is 0 Å². The SMILES string of the molecule is [C-]#[N+]Cc1ccc(-c2ccc3c(c2)OC[C@H]2[C@H](CC)OC(=O)N32)cn1. The monoisotopic (exact) mass is 335 g/mol. The second kappa shape index (κ2) is 6.10. The van der Waals surface area contributed by atoms with Crippen molar-refractivity contribution < 1.29 is 14.3 Å². The molecule has 0 aliphatic carbocycles. The van der Waals surface area contributed by atoms with E-state index in [9.17, 15) is 4.79 Å². The Kier molecular flexibility index (Phi) is 3.77. The number of hydrogen-bond acceptors (Lipinski definition) is 4. The van der Waals surface area contributed by atoms with Gasteiger partial charge in [-0.05, 0) is 30.2 Å². The van der Waals surface area contributed by atoms with Crippen molar-refractivity contribution in [2.24, 2.45) is 0 Å². The van der Waals surface area contributed by atoms with Gasteiger partial charge in [-0.15, -0.1) is 0 Å². The van der Waals surface area contributed by atoms with Crippen molar-refractivity contribution in [2.45, 2.75) is 32.0 Å². The van der Waals surface area contributed by atoms with Crippen LogP contribution in [0.1, 0.15) is 19.0 Å². The molecule has 1 aromatic carbocycles. The molecule has 2 aliphatic heterocycles. The first-order valence-corrected chi connectivity index (χ1v) is 8.26. The van der Waals surface area contributed by atoms with Gasteiger partial charge in [-0.25, -0.2) is 11.4 Å². The van der Waals surface area contributed by atoms with Gasteiger partial charge in [-0.1, -0.05) is 19.1 Å². The maximum absolute atomic E-state index is 12.2. The summed E-state index contributed by atoms with van der Waals surface area (Å²) in [6.45, 7) is 9.61. The maximum Gasteiger partial charge on any atom is 0.415 e. The first-order valence-electron chi connectivity index (χ1n) is 8.26. The Labute approximate surface area is 145 Å². The van der Waals surface area contributed by atoms with Gasteiger partial charge in [0, 0.05) is 11.8 Å². The van der Waals surface area contributed by atoms with Crippen LogP contribution in [0.3, 0.4) is 0 Å². The third kappa shape index (κ3) is 2.58. The minimum atomic E-state index is -0.306. The number of aromatic nitrogens is 1. The Morgan fingerprint density at radius 3 is 2.88 bits per heavy atom. The summed E-state index contributed by atoms with van der Waals surface area (Å²) in [4.78, 5) is 21.5. The summed E-state index contributed by atoms with van der Waals surface area (Å²) in [5.74, 6) is 0.674. The number of carbonyl (C=O) groups excluding carboxylic acids is 1. The smallest absolute Gasteiger partial charge is 0.415 e. The van der Waals surface area contributed by atoms with E-state index in [0.29, 0.717) is 12.4 Å². The molecule has 25 heavy (non-hydrogen) atoms. The van der Waals surface area contributed by atoms with Crippen LogP contribution in [0.15, 0.2) is 36.5 Å². The predicted molar refractivity (Wildman–Crippen MR) is 92.3 cm³/mol. The van der Waals surface area contributed by atoms with Crippen LogP contribution >= 0.6 is 0 Å². The molecule has 6 nitrogen and oxygen atoms in total. The molecule has 2 atom stereocenters. The van der Waals surface area contributed by atoms with Gasteiger partial charge in [0.05, 0.1) is 5.69 Å². The fourth-order valence-electron chi connectivity index (χ4n) is 3.33. The number of amides is 1. The lowest BCUT2D eigenvalue weighted by molar-refractivity contribution is 0.119. The van der Waals surface area contributed by atoms with Gasteiger partial charge in [-0.3, -0.25) is 9.88 Å². The molecule has 0 radical (unpaired) electrons. The summed E-state index contributed by atoms with van der Waals surface area (Å²) in [5.41, 5.74) is 3.40. The average Bonchev–Trinajstić information content (AvgIpc) is 2.98. The number of fused-ring (bicyclic) bond motifs is 3. The highest BCUT2D eigenvalue weighted by atomic mass is 16.6. The topological polar surface area (TPSA) is 56.0 Å². The summed E-state index contributed by atoms with van der Waals surface area (Å²) in [5, 5.41) is 0. The quantitative estimate of drug-likeness (QED) is 0.803. The largest absolute Gasteiger partial charge is 0.489 e. The van der Waals surface area contributed by atoms with Gasteiger partial charge in [0.1, 0.15) is 30.2 Å². The molecule has 2 aliphatic rings. The molecule has 2 aromatic rings. The standard InChI is InChI=1S/C19H17N3O3/c1-3-17-16-11-24-18-8-12(5-7-15(18)22(16)19(23)25-17)13-4-6-14(10-20-2)21-9-13/h4-9,16-17H,3,10-11H2,1H3/t16-,17-/m0/s1. The van der Waals surface area contributed by atoms with Crippen molar-refractivity contribution in [3.05, 3.63) is 53.6 Å². The van der Waals surface area contributed by atoms with Crippen LogP contribution in [-0.4, -0.2) is 29.8 Å². The van der Waals surface area contributed by atoms with Gasteiger partial charge in [-0.2, -0.15) is 0 Å².